The highest BCUT2D eigenvalue weighted by Gasteiger charge is 2.64. The molecule has 3 nitrogen and oxygen atoms in total. The van der Waals surface area contributed by atoms with Gasteiger partial charge in [-0.25, -0.2) is 0 Å². The van der Waals surface area contributed by atoms with Crippen molar-refractivity contribution in [1.82, 2.24) is 0 Å². The van der Waals surface area contributed by atoms with Gasteiger partial charge in [0.15, 0.2) is 0 Å². The molecule has 8 unspecified atom stereocenters. The van der Waals surface area contributed by atoms with Crippen LogP contribution in [0.15, 0.2) is 12.2 Å². The van der Waals surface area contributed by atoms with Crippen molar-refractivity contribution < 1.29 is 15.0 Å². The molecule has 0 amide bonds. The van der Waals surface area contributed by atoms with E-state index in [0.717, 1.165) is 32.1 Å². The maximum Gasteiger partial charge on any atom is 0.133 e. The standard InChI is InChI=1S/C25H40O3/c1-5-16-12-18-20-7-6-19(15(2)9-11-26)25(20,4)14-22(28)23(18)24(3)10-8-17(27)13-21(16)24/h16,18-23,26,28H,2,5-14H2,1,3-4H3/t16-,18?,19?,20?,21?,22?,23?,24?,25?/m0/s1. The Morgan fingerprint density at radius 1 is 1.21 bits per heavy atom. The lowest BCUT2D eigenvalue weighted by atomic mass is 9.41. The van der Waals surface area contributed by atoms with Gasteiger partial charge in [0.1, 0.15) is 5.78 Å². The number of rotatable bonds is 4. The summed E-state index contributed by atoms with van der Waals surface area (Å²) in [7, 11) is 0. The molecule has 28 heavy (non-hydrogen) atoms. The van der Waals surface area contributed by atoms with Crippen molar-refractivity contribution in [3.63, 3.8) is 0 Å². The maximum absolute atomic E-state index is 12.3. The van der Waals surface area contributed by atoms with Crippen molar-refractivity contribution in [2.75, 3.05) is 6.61 Å². The molecule has 0 aromatic carbocycles. The van der Waals surface area contributed by atoms with Crippen molar-refractivity contribution in [3.05, 3.63) is 12.2 Å². The molecule has 4 rings (SSSR count). The second-order valence-corrected chi connectivity index (χ2v) is 11.1. The van der Waals surface area contributed by atoms with E-state index in [0.29, 0.717) is 54.1 Å². The first-order valence-electron chi connectivity index (χ1n) is 11.7. The molecule has 4 saturated carbocycles. The first-order valence-corrected chi connectivity index (χ1v) is 11.7. The van der Waals surface area contributed by atoms with Gasteiger partial charge in [-0.05, 0) is 84.9 Å². The van der Waals surface area contributed by atoms with Gasteiger partial charge in [-0.3, -0.25) is 4.79 Å². The summed E-state index contributed by atoms with van der Waals surface area (Å²) < 4.78 is 0. The number of Topliss-reactive ketones (excluding diaryl/α,β-unsaturated/α-hetero) is 1. The van der Waals surface area contributed by atoms with Gasteiger partial charge >= 0.3 is 0 Å². The number of ketones is 1. The second-order valence-electron chi connectivity index (χ2n) is 11.1. The van der Waals surface area contributed by atoms with Crippen LogP contribution in [-0.4, -0.2) is 28.7 Å². The Morgan fingerprint density at radius 2 is 1.96 bits per heavy atom. The average molecular weight is 389 g/mol. The fourth-order valence-corrected chi connectivity index (χ4v) is 8.86. The average Bonchev–Trinajstić information content (AvgIpc) is 2.98. The summed E-state index contributed by atoms with van der Waals surface area (Å²) in [5, 5.41) is 20.9. The molecule has 158 valence electrons. The molecule has 4 aliphatic rings. The summed E-state index contributed by atoms with van der Waals surface area (Å²) in [6, 6.07) is 0. The molecular weight excluding hydrogens is 348 g/mol. The third kappa shape index (κ3) is 2.87. The van der Waals surface area contributed by atoms with Gasteiger partial charge < -0.3 is 10.2 Å². The Bertz CT molecular complexity index is 642. The Hall–Kier alpha value is -0.670. The Balaban J connectivity index is 1.68. The van der Waals surface area contributed by atoms with Crippen LogP contribution >= 0.6 is 0 Å². The third-order valence-electron chi connectivity index (χ3n) is 10.0. The number of carbonyl (C=O) groups is 1. The van der Waals surface area contributed by atoms with Crippen LogP contribution in [-0.2, 0) is 4.79 Å². The van der Waals surface area contributed by atoms with Crippen LogP contribution in [0, 0.1) is 46.3 Å². The van der Waals surface area contributed by atoms with Crippen LogP contribution in [0.4, 0.5) is 0 Å². The van der Waals surface area contributed by atoms with Crippen molar-refractivity contribution in [1.29, 1.82) is 0 Å². The number of fused-ring (bicyclic) bond motifs is 5. The molecule has 2 N–H and O–H groups in total. The smallest absolute Gasteiger partial charge is 0.133 e. The number of aliphatic hydroxyl groups excluding tert-OH is 2. The molecular formula is C25H40O3. The lowest BCUT2D eigenvalue weighted by Crippen LogP contribution is -2.60. The van der Waals surface area contributed by atoms with Gasteiger partial charge in [0.05, 0.1) is 6.10 Å². The number of aliphatic hydroxyl groups is 2. The highest BCUT2D eigenvalue weighted by molar-refractivity contribution is 5.79. The van der Waals surface area contributed by atoms with Crippen LogP contribution in [0.3, 0.4) is 0 Å². The highest BCUT2D eigenvalue weighted by Crippen LogP contribution is 2.69. The zero-order valence-electron chi connectivity index (χ0n) is 18.1. The predicted octanol–water partition coefficient (Wildman–Crippen LogP) is 4.76. The molecule has 0 aliphatic heterocycles. The number of hydrogen-bond donors (Lipinski definition) is 2. The van der Waals surface area contributed by atoms with Gasteiger partial charge in [-0.2, -0.15) is 0 Å². The van der Waals surface area contributed by atoms with Crippen molar-refractivity contribution in [2.45, 2.75) is 84.7 Å². The van der Waals surface area contributed by atoms with E-state index in [-0.39, 0.29) is 23.5 Å². The quantitative estimate of drug-likeness (QED) is 0.683. The van der Waals surface area contributed by atoms with Crippen LogP contribution in [0.5, 0.6) is 0 Å². The van der Waals surface area contributed by atoms with Gasteiger partial charge in [0, 0.05) is 19.4 Å². The monoisotopic (exact) mass is 388 g/mol. The molecule has 0 heterocycles. The highest BCUT2D eigenvalue weighted by atomic mass is 16.3. The number of hydrogen-bond acceptors (Lipinski definition) is 3. The Kier molecular flexibility index (Phi) is 5.32. The Labute approximate surface area is 171 Å². The lowest BCUT2D eigenvalue weighted by Gasteiger charge is -2.63. The van der Waals surface area contributed by atoms with Crippen molar-refractivity contribution in [2.24, 2.45) is 46.3 Å². The van der Waals surface area contributed by atoms with E-state index in [1.807, 2.05) is 0 Å². The van der Waals surface area contributed by atoms with Crippen molar-refractivity contribution >= 4 is 5.78 Å². The molecule has 0 bridgehead atoms. The minimum atomic E-state index is -0.271. The molecule has 9 atom stereocenters. The summed E-state index contributed by atoms with van der Waals surface area (Å²) >= 11 is 0. The topological polar surface area (TPSA) is 57.5 Å². The summed E-state index contributed by atoms with van der Waals surface area (Å²) in [6.45, 7) is 11.6. The van der Waals surface area contributed by atoms with E-state index in [1.54, 1.807) is 0 Å². The zero-order valence-corrected chi connectivity index (χ0v) is 18.1. The number of carbonyl (C=O) groups excluding carboxylic acids is 1. The van der Waals surface area contributed by atoms with Crippen LogP contribution in [0.2, 0.25) is 0 Å². The van der Waals surface area contributed by atoms with Crippen LogP contribution in [0.1, 0.15) is 78.6 Å². The van der Waals surface area contributed by atoms with E-state index < -0.39 is 0 Å². The summed E-state index contributed by atoms with van der Waals surface area (Å²) in [5.41, 5.74) is 1.41. The largest absolute Gasteiger partial charge is 0.396 e. The molecule has 0 saturated heterocycles. The fraction of sp³-hybridized carbons (Fsp3) is 0.880. The van der Waals surface area contributed by atoms with E-state index in [1.165, 1.54) is 18.4 Å². The van der Waals surface area contributed by atoms with Crippen LogP contribution in [0.25, 0.3) is 0 Å². The van der Waals surface area contributed by atoms with E-state index >= 15 is 0 Å². The summed E-state index contributed by atoms with van der Waals surface area (Å²) in [4.78, 5) is 12.3. The predicted molar refractivity (Wildman–Crippen MR) is 112 cm³/mol. The summed E-state index contributed by atoms with van der Waals surface area (Å²) in [6.07, 6.45) is 8.42. The molecule has 3 heteroatoms. The van der Waals surface area contributed by atoms with Gasteiger partial charge in [0.25, 0.3) is 0 Å². The van der Waals surface area contributed by atoms with Crippen LogP contribution < -0.4 is 0 Å². The molecule has 4 aliphatic carbocycles. The SMILES string of the molecule is C=C(CCO)C1CCC2C3C[C@H](CC)C4CC(=O)CCC4(C)C3C(O)CC12C. The van der Waals surface area contributed by atoms with E-state index in [4.69, 9.17) is 0 Å². The first kappa shape index (κ1) is 20.6. The second kappa shape index (κ2) is 7.23. The lowest BCUT2D eigenvalue weighted by molar-refractivity contribution is -0.185. The minimum absolute atomic E-state index is 0.110. The molecule has 4 fully saturated rings. The summed E-state index contributed by atoms with van der Waals surface area (Å²) in [5.74, 6) is 3.50. The van der Waals surface area contributed by atoms with Gasteiger partial charge in [-0.15, -0.1) is 0 Å². The van der Waals surface area contributed by atoms with Crippen molar-refractivity contribution in [3.8, 4) is 0 Å². The van der Waals surface area contributed by atoms with Gasteiger partial charge in [0.2, 0.25) is 0 Å². The zero-order chi connectivity index (χ0) is 20.3. The van der Waals surface area contributed by atoms with Gasteiger partial charge in [-0.1, -0.05) is 39.3 Å². The molecule has 0 aromatic rings. The molecule has 0 aromatic heterocycles. The molecule has 0 spiro atoms. The first-order chi connectivity index (χ1) is 13.3. The fourth-order valence-electron chi connectivity index (χ4n) is 8.86. The Morgan fingerprint density at radius 3 is 2.64 bits per heavy atom. The normalized spacial score (nSPS) is 50.6. The molecule has 0 radical (unpaired) electrons. The minimum Gasteiger partial charge on any atom is -0.396 e. The maximum atomic E-state index is 12.3. The van der Waals surface area contributed by atoms with E-state index in [9.17, 15) is 15.0 Å². The van der Waals surface area contributed by atoms with E-state index in [2.05, 4.69) is 27.4 Å². The third-order valence-corrected chi connectivity index (χ3v) is 10.0.